The topological polar surface area (TPSA) is 62.2 Å². The minimum absolute atomic E-state index is 0. The highest BCUT2D eigenvalue weighted by Gasteiger charge is 2.10. The Morgan fingerprint density at radius 3 is 2.56 bits per heavy atom. The Labute approximate surface area is 185 Å². The Bertz CT molecular complexity index is 873. The van der Waals surface area contributed by atoms with E-state index < -0.39 is 0 Å². The predicted octanol–water partition coefficient (Wildman–Crippen LogP) is 4.41. The second kappa shape index (κ2) is 10.7. The fourth-order valence-electron chi connectivity index (χ4n) is 2.49. The van der Waals surface area contributed by atoms with Crippen LogP contribution in [0.5, 0.6) is 0 Å². The molecule has 5 nitrogen and oxygen atoms in total. The Kier molecular flexibility index (Phi) is 8.65. The molecule has 0 unspecified atom stereocenters. The van der Waals surface area contributed by atoms with E-state index in [0.29, 0.717) is 6.54 Å². The fraction of sp³-hybridized carbons (Fsp3) is 0.316. The molecule has 0 saturated carbocycles. The molecule has 3 rings (SSSR count). The molecule has 0 radical (unpaired) electrons. The molecule has 3 aromatic rings. The van der Waals surface area contributed by atoms with Crippen LogP contribution >= 0.6 is 46.7 Å². The Morgan fingerprint density at radius 1 is 1.11 bits per heavy atom. The summed E-state index contributed by atoms with van der Waals surface area (Å²) < 4.78 is 0. The lowest BCUT2D eigenvalue weighted by Gasteiger charge is -2.10. The van der Waals surface area contributed by atoms with Crippen LogP contribution in [0.4, 0.5) is 0 Å². The van der Waals surface area contributed by atoms with Gasteiger partial charge in [-0.2, -0.15) is 0 Å². The second-order valence-corrected chi connectivity index (χ2v) is 8.26. The van der Waals surface area contributed by atoms with Crippen LogP contribution in [0.2, 0.25) is 0 Å². The van der Waals surface area contributed by atoms with E-state index in [4.69, 9.17) is 4.98 Å². The van der Waals surface area contributed by atoms with Crippen LogP contribution in [-0.2, 0) is 13.0 Å². The highest BCUT2D eigenvalue weighted by Crippen LogP contribution is 2.27. The second-order valence-electron chi connectivity index (χ2n) is 5.86. The molecule has 0 aliphatic heterocycles. The number of rotatable bonds is 6. The summed E-state index contributed by atoms with van der Waals surface area (Å²) in [5.41, 5.74) is 2.23. The first kappa shape index (κ1) is 21.8. The maximum atomic E-state index is 4.70. The molecule has 0 saturated heterocycles. The van der Waals surface area contributed by atoms with Crippen molar-refractivity contribution in [2.24, 2.45) is 4.99 Å². The number of aliphatic imine (C=N–C) groups is 1. The lowest BCUT2D eigenvalue weighted by Crippen LogP contribution is -2.37. The molecule has 2 aromatic heterocycles. The number of nitrogens with zero attached hydrogens (tertiary/aromatic N) is 3. The monoisotopic (exact) mass is 513 g/mol. The van der Waals surface area contributed by atoms with Gasteiger partial charge in [0.15, 0.2) is 5.96 Å². The van der Waals surface area contributed by atoms with E-state index in [2.05, 4.69) is 46.6 Å². The minimum Gasteiger partial charge on any atom is -0.356 e. The summed E-state index contributed by atoms with van der Waals surface area (Å²) in [6.07, 6.45) is 2.82. The molecule has 0 amide bonds. The Balaban J connectivity index is 0.00000261. The van der Waals surface area contributed by atoms with Crippen LogP contribution < -0.4 is 10.6 Å². The highest BCUT2D eigenvalue weighted by molar-refractivity contribution is 14.0. The van der Waals surface area contributed by atoms with Crippen molar-refractivity contribution in [1.82, 2.24) is 20.6 Å². The molecule has 8 heteroatoms. The van der Waals surface area contributed by atoms with Crippen LogP contribution in [-0.4, -0.2) is 29.5 Å². The average Bonchev–Trinajstić information content (AvgIpc) is 3.24. The zero-order chi connectivity index (χ0) is 18.4. The zero-order valence-electron chi connectivity index (χ0n) is 15.7. The van der Waals surface area contributed by atoms with E-state index in [0.717, 1.165) is 40.2 Å². The van der Waals surface area contributed by atoms with Crippen LogP contribution in [0.25, 0.3) is 10.6 Å². The van der Waals surface area contributed by atoms with Gasteiger partial charge in [-0.1, -0.05) is 30.3 Å². The molecular formula is C19H24IN5S2. The van der Waals surface area contributed by atoms with Crippen LogP contribution in [0.15, 0.2) is 41.5 Å². The zero-order valence-corrected chi connectivity index (χ0v) is 19.6. The molecule has 0 aliphatic rings. The normalized spacial score (nSPS) is 11.1. The first-order valence-corrected chi connectivity index (χ1v) is 10.2. The summed E-state index contributed by atoms with van der Waals surface area (Å²) in [5, 5.41) is 8.93. The van der Waals surface area contributed by atoms with Crippen LogP contribution in [0.3, 0.4) is 0 Å². The van der Waals surface area contributed by atoms with Crippen molar-refractivity contribution in [2.75, 3.05) is 13.6 Å². The lowest BCUT2D eigenvalue weighted by atomic mass is 10.2. The first-order chi connectivity index (χ1) is 12.7. The van der Waals surface area contributed by atoms with Crippen LogP contribution in [0.1, 0.15) is 20.5 Å². The number of benzene rings is 1. The van der Waals surface area contributed by atoms with Gasteiger partial charge in [-0.15, -0.1) is 46.7 Å². The smallest absolute Gasteiger partial charge is 0.191 e. The minimum atomic E-state index is 0. The molecule has 2 heterocycles. The molecule has 144 valence electrons. The van der Waals surface area contributed by atoms with Crippen LogP contribution in [0, 0.1) is 13.8 Å². The molecule has 2 N–H and O–H groups in total. The molecular weight excluding hydrogens is 489 g/mol. The van der Waals surface area contributed by atoms with Crippen molar-refractivity contribution in [3.05, 3.63) is 57.0 Å². The highest BCUT2D eigenvalue weighted by atomic mass is 127. The number of halogens is 1. The van der Waals surface area contributed by atoms with Crippen molar-refractivity contribution < 1.29 is 0 Å². The number of thiazole rings is 2. The van der Waals surface area contributed by atoms with Gasteiger partial charge in [-0.05, 0) is 13.8 Å². The summed E-state index contributed by atoms with van der Waals surface area (Å²) in [5.74, 6) is 0.798. The molecule has 0 atom stereocenters. The SMILES string of the molecule is CN=C(NCCc1ncc(C)s1)NCc1sc(-c2ccccc2)nc1C.I. The van der Waals surface area contributed by atoms with Gasteiger partial charge in [-0.25, -0.2) is 9.97 Å². The van der Waals surface area contributed by atoms with E-state index in [-0.39, 0.29) is 24.0 Å². The van der Waals surface area contributed by atoms with E-state index >= 15 is 0 Å². The maximum absolute atomic E-state index is 4.70. The summed E-state index contributed by atoms with van der Waals surface area (Å²) in [7, 11) is 1.79. The van der Waals surface area contributed by atoms with Gasteiger partial charge in [-0.3, -0.25) is 4.99 Å². The van der Waals surface area contributed by atoms with Gasteiger partial charge in [0.05, 0.1) is 17.2 Å². The van der Waals surface area contributed by atoms with Gasteiger partial charge in [0.1, 0.15) is 5.01 Å². The summed E-state index contributed by atoms with van der Waals surface area (Å²) in [4.78, 5) is 15.9. The quantitative estimate of drug-likeness (QED) is 0.291. The van der Waals surface area contributed by atoms with E-state index in [1.54, 1.807) is 29.7 Å². The molecule has 0 bridgehead atoms. The summed E-state index contributed by atoms with van der Waals surface area (Å²) in [6.45, 7) is 5.66. The number of aryl methyl sites for hydroxylation is 2. The van der Waals surface area contributed by atoms with Crippen molar-refractivity contribution in [3.63, 3.8) is 0 Å². The van der Waals surface area contributed by atoms with Crippen molar-refractivity contribution in [2.45, 2.75) is 26.8 Å². The number of aromatic nitrogens is 2. The number of hydrogen-bond donors (Lipinski definition) is 2. The first-order valence-electron chi connectivity index (χ1n) is 8.53. The number of hydrogen-bond acceptors (Lipinski definition) is 5. The number of guanidine groups is 1. The third-order valence-electron chi connectivity index (χ3n) is 3.85. The summed E-state index contributed by atoms with van der Waals surface area (Å²) in [6, 6.07) is 10.3. The van der Waals surface area contributed by atoms with Gasteiger partial charge in [0.25, 0.3) is 0 Å². The van der Waals surface area contributed by atoms with E-state index in [9.17, 15) is 0 Å². The van der Waals surface area contributed by atoms with Gasteiger partial charge >= 0.3 is 0 Å². The molecule has 0 aliphatic carbocycles. The third-order valence-corrected chi connectivity index (χ3v) is 6.03. The largest absolute Gasteiger partial charge is 0.356 e. The van der Waals surface area contributed by atoms with Gasteiger partial charge in [0, 0.05) is 41.5 Å². The standard InChI is InChI=1S/C19H23N5S2.HI/c1-13-11-22-17(25-13)9-10-21-19(20-3)23-12-16-14(2)24-18(26-16)15-7-5-4-6-8-15;/h4-8,11H,9-10,12H2,1-3H3,(H2,20,21,23);1H. The summed E-state index contributed by atoms with van der Waals surface area (Å²) >= 11 is 3.47. The lowest BCUT2D eigenvalue weighted by molar-refractivity contribution is 0.794. The van der Waals surface area contributed by atoms with Gasteiger partial charge in [0.2, 0.25) is 0 Å². The van der Waals surface area contributed by atoms with Crippen molar-refractivity contribution in [1.29, 1.82) is 0 Å². The molecule has 27 heavy (non-hydrogen) atoms. The predicted molar refractivity (Wildman–Crippen MR) is 126 cm³/mol. The van der Waals surface area contributed by atoms with Crippen molar-refractivity contribution >= 4 is 52.6 Å². The molecule has 0 spiro atoms. The van der Waals surface area contributed by atoms with Crippen molar-refractivity contribution in [3.8, 4) is 10.6 Å². The average molecular weight is 513 g/mol. The Hall–Kier alpha value is -1.52. The maximum Gasteiger partial charge on any atom is 0.191 e. The van der Waals surface area contributed by atoms with Gasteiger partial charge < -0.3 is 10.6 Å². The van der Waals surface area contributed by atoms with E-state index in [1.165, 1.54) is 9.75 Å². The van der Waals surface area contributed by atoms with E-state index in [1.807, 2.05) is 24.4 Å². The molecule has 1 aromatic carbocycles. The fourth-order valence-corrected chi connectivity index (χ4v) is 4.28. The molecule has 0 fully saturated rings. The Morgan fingerprint density at radius 2 is 1.89 bits per heavy atom. The number of nitrogens with one attached hydrogen (secondary N) is 2. The third kappa shape index (κ3) is 6.25.